The molecule has 1 unspecified atom stereocenters. The van der Waals surface area contributed by atoms with E-state index >= 15 is 0 Å². The molecule has 4 aromatic rings. The third-order valence-corrected chi connectivity index (χ3v) is 6.21. The summed E-state index contributed by atoms with van der Waals surface area (Å²) >= 11 is 6.01. The third kappa shape index (κ3) is 4.70. The lowest BCUT2D eigenvalue weighted by Crippen LogP contribution is -2.42. The van der Waals surface area contributed by atoms with Crippen molar-refractivity contribution in [1.82, 2.24) is 5.32 Å². The van der Waals surface area contributed by atoms with Crippen molar-refractivity contribution in [3.05, 3.63) is 69.2 Å². The molecule has 7 nitrogen and oxygen atoms in total. The summed E-state index contributed by atoms with van der Waals surface area (Å²) in [5.41, 5.74) is 2.85. The summed E-state index contributed by atoms with van der Waals surface area (Å²) in [6.45, 7) is 3.70. The highest BCUT2D eigenvalue weighted by Crippen LogP contribution is 2.35. The van der Waals surface area contributed by atoms with Gasteiger partial charge in [-0.3, -0.25) is 4.79 Å². The van der Waals surface area contributed by atoms with E-state index in [-0.39, 0.29) is 12.0 Å². The van der Waals surface area contributed by atoms with Gasteiger partial charge < -0.3 is 19.3 Å². The Morgan fingerprint density at radius 1 is 1.12 bits per heavy atom. The maximum absolute atomic E-state index is 12.7. The summed E-state index contributed by atoms with van der Waals surface area (Å²) in [5.74, 6) is -1.63. The lowest BCUT2D eigenvalue weighted by Gasteiger charge is -2.14. The highest BCUT2D eigenvalue weighted by Gasteiger charge is 2.22. The number of carboxylic acids is 1. The number of aliphatic carboxylic acids is 1. The highest BCUT2D eigenvalue weighted by atomic mass is 35.5. The predicted molar refractivity (Wildman–Crippen MR) is 130 cm³/mol. The molecule has 2 heterocycles. The molecule has 2 aromatic carbocycles. The molecule has 8 heteroatoms. The number of carbonyl (C=O) groups is 2. The lowest BCUT2D eigenvalue weighted by molar-refractivity contribution is -0.142. The number of aryl methyl sites for hydroxylation is 1. The number of carbonyl (C=O) groups excluding carboxylic acids is 1. The van der Waals surface area contributed by atoms with Gasteiger partial charge in [0.05, 0.1) is 18.2 Å². The molecule has 0 saturated carbocycles. The third-order valence-electron chi connectivity index (χ3n) is 5.95. The van der Waals surface area contributed by atoms with Gasteiger partial charge in [-0.25, -0.2) is 9.59 Å². The minimum Gasteiger partial charge on any atom is -0.480 e. The van der Waals surface area contributed by atoms with Crippen LogP contribution in [0.15, 0.2) is 56.3 Å². The van der Waals surface area contributed by atoms with Crippen molar-refractivity contribution in [3.8, 4) is 11.1 Å². The molecule has 0 aliphatic carbocycles. The van der Waals surface area contributed by atoms with E-state index in [1.165, 1.54) is 0 Å². The van der Waals surface area contributed by atoms with E-state index in [0.717, 1.165) is 22.9 Å². The van der Waals surface area contributed by atoms with Gasteiger partial charge in [-0.05, 0) is 42.7 Å². The van der Waals surface area contributed by atoms with E-state index in [2.05, 4.69) is 5.32 Å². The van der Waals surface area contributed by atoms with Crippen molar-refractivity contribution in [2.45, 2.75) is 45.6 Å². The van der Waals surface area contributed by atoms with Crippen LogP contribution in [0.5, 0.6) is 0 Å². The van der Waals surface area contributed by atoms with Gasteiger partial charge in [-0.15, -0.1) is 0 Å². The minimum absolute atomic E-state index is 0.195. The molecule has 1 amide bonds. The first-order valence-corrected chi connectivity index (χ1v) is 11.4. The Labute approximate surface area is 200 Å². The average molecular weight is 482 g/mol. The van der Waals surface area contributed by atoms with Gasteiger partial charge in [0, 0.05) is 27.4 Å². The molecule has 34 heavy (non-hydrogen) atoms. The van der Waals surface area contributed by atoms with Crippen LogP contribution in [0.4, 0.5) is 0 Å². The molecule has 0 aliphatic rings. The van der Waals surface area contributed by atoms with E-state index in [1.807, 2.05) is 25.1 Å². The SMILES string of the molecule is CCCCC(NC(=O)Cc1c(C)c2cc3c(-c4ccc(Cl)cc4)coc3cc2oc1=O)C(=O)O. The molecule has 1 atom stereocenters. The number of hydrogen-bond acceptors (Lipinski definition) is 5. The summed E-state index contributed by atoms with van der Waals surface area (Å²) in [5, 5.41) is 14.0. The van der Waals surface area contributed by atoms with Crippen LogP contribution in [0.1, 0.15) is 37.3 Å². The fourth-order valence-electron chi connectivity index (χ4n) is 4.04. The number of carboxylic acid groups (broad SMARTS) is 1. The second-order valence-electron chi connectivity index (χ2n) is 8.27. The number of rotatable bonds is 8. The van der Waals surface area contributed by atoms with Gasteiger partial charge >= 0.3 is 11.6 Å². The van der Waals surface area contributed by atoms with E-state index in [1.54, 1.807) is 31.4 Å². The number of furan rings is 1. The molecule has 0 bridgehead atoms. The van der Waals surface area contributed by atoms with Crippen molar-refractivity contribution in [1.29, 1.82) is 0 Å². The van der Waals surface area contributed by atoms with E-state index in [4.69, 9.17) is 20.4 Å². The van der Waals surface area contributed by atoms with Crippen LogP contribution in [0.2, 0.25) is 5.02 Å². The van der Waals surface area contributed by atoms with Crippen LogP contribution < -0.4 is 10.9 Å². The molecule has 0 radical (unpaired) electrons. The molecule has 0 spiro atoms. The zero-order valence-electron chi connectivity index (χ0n) is 18.8. The Kier molecular flexibility index (Phi) is 6.75. The highest BCUT2D eigenvalue weighted by molar-refractivity contribution is 6.30. The van der Waals surface area contributed by atoms with E-state index in [0.29, 0.717) is 40.0 Å². The Morgan fingerprint density at radius 2 is 1.85 bits per heavy atom. The standard InChI is InChI=1S/C26H24ClNO6/c1-3-4-5-21(25(30)31)28-24(29)11-18-14(2)17-10-19-20(15-6-8-16(27)9-7-15)13-33-22(19)12-23(17)34-26(18)32/h6-10,12-13,21H,3-5,11H2,1-2H3,(H,28,29)(H,30,31). The van der Waals surface area contributed by atoms with Crippen molar-refractivity contribution >= 4 is 45.4 Å². The monoisotopic (exact) mass is 481 g/mol. The zero-order chi connectivity index (χ0) is 24.4. The number of halogens is 1. The van der Waals surface area contributed by atoms with Gasteiger partial charge in [0.2, 0.25) is 5.91 Å². The second kappa shape index (κ2) is 9.73. The second-order valence-corrected chi connectivity index (χ2v) is 8.71. The van der Waals surface area contributed by atoms with Crippen molar-refractivity contribution in [2.75, 3.05) is 0 Å². The number of amides is 1. The quantitative estimate of drug-likeness (QED) is 0.323. The molecule has 2 N–H and O–H groups in total. The number of nitrogens with one attached hydrogen (secondary N) is 1. The molecule has 0 saturated heterocycles. The zero-order valence-corrected chi connectivity index (χ0v) is 19.6. The summed E-state index contributed by atoms with van der Waals surface area (Å²) in [6.07, 6.45) is 3.18. The molecular weight excluding hydrogens is 458 g/mol. The normalized spacial score (nSPS) is 12.2. The first-order chi connectivity index (χ1) is 16.3. The smallest absolute Gasteiger partial charge is 0.340 e. The Hall–Kier alpha value is -3.58. The molecule has 0 fully saturated rings. The maximum Gasteiger partial charge on any atom is 0.340 e. The van der Waals surface area contributed by atoms with Gasteiger partial charge in [-0.1, -0.05) is 43.5 Å². The van der Waals surface area contributed by atoms with Gasteiger partial charge in [-0.2, -0.15) is 0 Å². The molecule has 176 valence electrons. The predicted octanol–water partition coefficient (Wildman–Crippen LogP) is 5.47. The summed E-state index contributed by atoms with van der Waals surface area (Å²) < 4.78 is 11.2. The maximum atomic E-state index is 12.7. The van der Waals surface area contributed by atoms with Gasteiger partial charge in [0.1, 0.15) is 17.2 Å². The van der Waals surface area contributed by atoms with Crippen LogP contribution in [-0.2, 0) is 16.0 Å². The van der Waals surface area contributed by atoms with Crippen molar-refractivity contribution in [3.63, 3.8) is 0 Å². The van der Waals surface area contributed by atoms with Crippen molar-refractivity contribution in [2.24, 2.45) is 0 Å². The van der Waals surface area contributed by atoms with Crippen LogP contribution in [0.25, 0.3) is 33.1 Å². The summed E-state index contributed by atoms with van der Waals surface area (Å²) in [7, 11) is 0. The molecular formula is C26H24ClNO6. The fraction of sp³-hybridized carbons (Fsp3) is 0.269. The Balaban J connectivity index is 1.71. The number of benzene rings is 2. The number of unbranched alkanes of at least 4 members (excludes halogenated alkanes) is 1. The van der Waals surface area contributed by atoms with Crippen LogP contribution in [0.3, 0.4) is 0 Å². The summed E-state index contributed by atoms with van der Waals surface area (Å²) in [6, 6.07) is 9.91. The molecule has 0 aliphatic heterocycles. The lowest BCUT2D eigenvalue weighted by atomic mass is 9.99. The summed E-state index contributed by atoms with van der Waals surface area (Å²) in [4.78, 5) is 36.7. The first kappa shape index (κ1) is 23.6. The van der Waals surface area contributed by atoms with E-state index in [9.17, 15) is 19.5 Å². The van der Waals surface area contributed by atoms with Crippen LogP contribution in [-0.4, -0.2) is 23.0 Å². The molecule has 2 aromatic heterocycles. The number of hydrogen-bond donors (Lipinski definition) is 2. The van der Waals surface area contributed by atoms with Crippen LogP contribution in [0, 0.1) is 6.92 Å². The Bertz CT molecular complexity index is 1430. The topological polar surface area (TPSA) is 110 Å². The van der Waals surface area contributed by atoms with E-state index < -0.39 is 23.5 Å². The molecule has 4 rings (SSSR count). The average Bonchev–Trinajstić information content (AvgIpc) is 3.21. The van der Waals surface area contributed by atoms with Gasteiger partial charge in [0.15, 0.2) is 0 Å². The fourth-order valence-corrected chi connectivity index (χ4v) is 4.16. The van der Waals surface area contributed by atoms with Crippen LogP contribution >= 0.6 is 11.6 Å². The minimum atomic E-state index is -1.10. The largest absolute Gasteiger partial charge is 0.480 e. The first-order valence-electron chi connectivity index (χ1n) is 11.0. The van der Waals surface area contributed by atoms with Crippen molar-refractivity contribution < 1.29 is 23.5 Å². The van der Waals surface area contributed by atoms with Gasteiger partial charge in [0.25, 0.3) is 0 Å². The Morgan fingerprint density at radius 3 is 2.53 bits per heavy atom. The number of fused-ring (bicyclic) bond motifs is 2.